The van der Waals surface area contributed by atoms with Gasteiger partial charge in [0.15, 0.2) is 11.5 Å². The van der Waals surface area contributed by atoms with Gasteiger partial charge in [0, 0.05) is 15.7 Å². The van der Waals surface area contributed by atoms with Gasteiger partial charge in [-0.05, 0) is 48.5 Å². The number of aromatic nitrogens is 2. The lowest BCUT2D eigenvalue weighted by Gasteiger charge is -2.12. The number of methoxy groups -OCH3 is 2. The number of carbonyl (C=O) groups is 1. The maximum Gasteiger partial charge on any atom is 0.244 e. The van der Waals surface area contributed by atoms with E-state index in [0.717, 1.165) is 26.8 Å². The molecule has 1 N–H and O–H groups in total. The number of anilines is 1. The molecule has 0 spiro atoms. The van der Waals surface area contributed by atoms with Crippen LogP contribution in [0.15, 0.2) is 71.2 Å². The summed E-state index contributed by atoms with van der Waals surface area (Å²) in [5.74, 6) is 1.78. The molecule has 0 bridgehead atoms. The van der Waals surface area contributed by atoms with Crippen molar-refractivity contribution in [3.05, 3.63) is 71.2 Å². The molecule has 0 atom stereocenters. The summed E-state index contributed by atoms with van der Waals surface area (Å²) in [4.78, 5) is 17.6. The minimum Gasteiger partial charge on any atom is -0.493 e. The number of hydrogen-bond acceptors (Lipinski definition) is 4. The van der Waals surface area contributed by atoms with Crippen molar-refractivity contribution in [2.24, 2.45) is 0 Å². The first-order valence-electron chi connectivity index (χ1n) is 9.32. The molecule has 0 unspecified atom stereocenters. The summed E-state index contributed by atoms with van der Waals surface area (Å²) in [5, 5.41) is 2.94. The second-order valence-corrected chi connectivity index (χ2v) is 7.55. The van der Waals surface area contributed by atoms with Crippen LogP contribution in [0, 0.1) is 0 Å². The highest BCUT2D eigenvalue weighted by Crippen LogP contribution is 2.33. The Morgan fingerprint density at radius 2 is 1.80 bits per heavy atom. The third-order valence-electron chi connectivity index (χ3n) is 4.71. The molecule has 0 aliphatic rings. The molecule has 1 heterocycles. The Bertz CT molecular complexity index is 1220. The molecule has 0 saturated carbocycles. The lowest BCUT2D eigenvalue weighted by molar-refractivity contribution is -0.116. The van der Waals surface area contributed by atoms with Crippen LogP contribution in [0.3, 0.4) is 0 Å². The fourth-order valence-electron chi connectivity index (χ4n) is 3.34. The van der Waals surface area contributed by atoms with Crippen molar-refractivity contribution in [2.75, 3.05) is 19.5 Å². The smallest absolute Gasteiger partial charge is 0.244 e. The summed E-state index contributed by atoms with van der Waals surface area (Å²) < 4.78 is 13.6. The number of halogens is 1. The largest absolute Gasteiger partial charge is 0.493 e. The van der Waals surface area contributed by atoms with E-state index in [4.69, 9.17) is 14.5 Å². The van der Waals surface area contributed by atoms with Gasteiger partial charge in [-0.3, -0.25) is 4.79 Å². The lowest BCUT2D eigenvalue weighted by Crippen LogP contribution is -2.19. The first-order valence-corrected chi connectivity index (χ1v) is 10.1. The van der Waals surface area contributed by atoms with Crippen LogP contribution < -0.4 is 14.8 Å². The zero-order valence-electron chi connectivity index (χ0n) is 16.6. The molecule has 30 heavy (non-hydrogen) atoms. The molecule has 0 saturated heterocycles. The van der Waals surface area contributed by atoms with Gasteiger partial charge < -0.3 is 19.4 Å². The Hall–Kier alpha value is -3.32. The third-order valence-corrected chi connectivity index (χ3v) is 5.20. The highest BCUT2D eigenvalue weighted by atomic mass is 79.9. The number of rotatable bonds is 6. The Morgan fingerprint density at radius 3 is 2.57 bits per heavy atom. The van der Waals surface area contributed by atoms with Gasteiger partial charge in [0.1, 0.15) is 12.4 Å². The predicted molar refractivity (Wildman–Crippen MR) is 121 cm³/mol. The van der Waals surface area contributed by atoms with Gasteiger partial charge in [0.05, 0.1) is 25.3 Å². The first kappa shape index (κ1) is 20.0. The average Bonchev–Trinajstić information content (AvgIpc) is 3.11. The number of nitrogens with one attached hydrogen (secondary N) is 1. The quantitative estimate of drug-likeness (QED) is 0.429. The number of fused-ring (bicyclic) bond motifs is 1. The molecule has 3 aromatic carbocycles. The van der Waals surface area contributed by atoms with Crippen LogP contribution in [-0.4, -0.2) is 29.7 Å². The standard InChI is InChI=1S/C23H20BrN3O3/c1-29-20-11-10-15(12-21(20)30-2)23-26-18-8-3-4-9-19(18)27(23)14-22(28)25-17-7-5-6-16(24)13-17/h3-13H,14H2,1-2H3,(H,25,28). The second kappa shape index (κ2) is 8.59. The molecule has 1 amide bonds. The normalized spacial score (nSPS) is 10.8. The maximum atomic E-state index is 12.8. The maximum absolute atomic E-state index is 12.8. The van der Waals surface area contributed by atoms with Gasteiger partial charge >= 0.3 is 0 Å². The molecule has 0 aliphatic carbocycles. The fraction of sp³-hybridized carbons (Fsp3) is 0.130. The summed E-state index contributed by atoms with van der Waals surface area (Å²) in [6.07, 6.45) is 0. The summed E-state index contributed by atoms with van der Waals surface area (Å²) >= 11 is 3.42. The summed E-state index contributed by atoms with van der Waals surface area (Å²) in [6.45, 7) is 0.122. The van der Waals surface area contributed by atoms with E-state index < -0.39 is 0 Å². The van der Waals surface area contributed by atoms with E-state index in [-0.39, 0.29) is 12.5 Å². The number of hydrogen-bond donors (Lipinski definition) is 1. The summed E-state index contributed by atoms with van der Waals surface area (Å²) in [5.41, 5.74) is 3.26. The van der Waals surface area contributed by atoms with Crippen molar-refractivity contribution < 1.29 is 14.3 Å². The molecule has 0 fully saturated rings. The Labute approximate surface area is 182 Å². The topological polar surface area (TPSA) is 65.4 Å². The van der Waals surface area contributed by atoms with Gasteiger partial charge in [-0.1, -0.05) is 34.1 Å². The van der Waals surface area contributed by atoms with Crippen LogP contribution >= 0.6 is 15.9 Å². The molecular weight excluding hydrogens is 446 g/mol. The first-order chi connectivity index (χ1) is 14.6. The highest BCUT2D eigenvalue weighted by Gasteiger charge is 2.17. The van der Waals surface area contributed by atoms with Gasteiger partial charge in [0.25, 0.3) is 0 Å². The average molecular weight is 466 g/mol. The number of para-hydroxylation sites is 2. The molecule has 0 aliphatic heterocycles. The minimum atomic E-state index is -0.141. The van der Waals surface area contributed by atoms with E-state index in [1.165, 1.54) is 0 Å². The molecule has 7 heteroatoms. The van der Waals surface area contributed by atoms with Crippen molar-refractivity contribution in [2.45, 2.75) is 6.54 Å². The number of amides is 1. The number of benzene rings is 3. The van der Waals surface area contributed by atoms with Gasteiger partial charge in [-0.25, -0.2) is 4.98 Å². The summed E-state index contributed by atoms with van der Waals surface area (Å²) in [7, 11) is 3.19. The fourth-order valence-corrected chi connectivity index (χ4v) is 3.74. The predicted octanol–water partition coefficient (Wildman–Crippen LogP) is 5.12. The van der Waals surface area contributed by atoms with Crippen LogP contribution in [0.5, 0.6) is 11.5 Å². The Morgan fingerprint density at radius 1 is 1.00 bits per heavy atom. The zero-order valence-corrected chi connectivity index (χ0v) is 18.1. The molecule has 152 valence electrons. The molecule has 6 nitrogen and oxygen atoms in total. The van der Waals surface area contributed by atoms with E-state index >= 15 is 0 Å². The van der Waals surface area contributed by atoms with Crippen molar-refractivity contribution in [1.82, 2.24) is 9.55 Å². The van der Waals surface area contributed by atoms with Gasteiger partial charge in [-0.2, -0.15) is 0 Å². The molecule has 4 rings (SSSR count). The van der Waals surface area contributed by atoms with E-state index in [9.17, 15) is 4.79 Å². The van der Waals surface area contributed by atoms with Crippen LogP contribution in [-0.2, 0) is 11.3 Å². The van der Waals surface area contributed by atoms with Crippen LogP contribution in [0.2, 0.25) is 0 Å². The van der Waals surface area contributed by atoms with Crippen molar-refractivity contribution >= 4 is 38.6 Å². The highest BCUT2D eigenvalue weighted by molar-refractivity contribution is 9.10. The summed E-state index contributed by atoms with van der Waals surface area (Å²) in [6, 6.07) is 20.9. The Balaban J connectivity index is 1.73. The SMILES string of the molecule is COc1ccc(-c2nc3ccccc3n2CC(=O)Nc2cccc(Br)c2)cc1OC. The number of ether oxygens (including phenoxy) is 2. The van der Waals surface area contributed by atoms with Crippen molar-refractivity contribution in [3.8, 4) is 22.9 Å². The molecule has 0 radical (unpaired) electrons. The molecule has 1 aromatic heterocycles. The zero-order chi connectivity index (χ0) is 21.1. The monoisotopic (exact) mass is 465 g/mol. The third kappa shape index (κ3) is 4.02. The van der Waals surface area contributed by atoms with Gasteiger partial charge in [0.2, 0.25) is 5.91 Å². The van der Waals surface area contributed by atoms with Crippen molar-refractivity contribution in [3.63, 3.8) is 0 Å². The van der Waals surface area contributed by atoms with Crippen molar-refractivity contribution in [1.29, 1.82) is 0 Å². The van der Waals surface area contributed by atoms with Crippen LogP contribution in [0.1, 0.15) is 0 Å². The number of nitrogens with zero attached hydrogens (tertiary/aromatic N) is 2. The Kier molecular flexibility index (Phi) is 5.72. The van der Waals surface area contributed by atoms with E-state index in [0.29, 0.717) is 17.3 Å². The van der Waals surface area contributed by atoms with E-state index in [2.05, 4.69) is 21.2 Å². The van der Waals surface area contributed by atoms with E-state index in [1.54, 1.807) is 14.2 Å². The molecule has 4 aromatic rings. The second-order valence-electron chi connectivity index (χ2n) is 6.64. The minimum absolute atomic E-state index is 0.122. The number of imidazole rings is 1. The number of carbonyl (C=O) groups excluding carboxylic acids is 1. The lowest BCUT2D eigenvalue weighted by atomic mass is 10.2. The van der Waals surface area contributed by atoms with Crippen LogP contribution in [0.25, 0.3) is 22.4 Å². The molecular formula is C23H20BrN3O3. The van der Waals surface area contributed by atoms with Gasteiger partial charge in [-0.15, -0.1) is 0 Å². The van der Waals surface area contributed by atoms with Crippen LogP contribution in [0.4, 0.5) is 5.69 Å². The van der Waals surface area contributed by atoms with E-state index in [1.807, 2.05) is 71.3 Å².